The molecule has 2 N–H and O–H groups in total. The molecule has 21 heavy (non-hydrogen) atoms. The maximum Gasteiger partial charge on any atom is 0.321 e. The molecule has 0 radical (unpaired) electrons. The highest BCUT2D eigenvalue weighted by molar-refractivity contribution is 7.89. The van der Waals surface area contributed by atoms with Crippen molar-refractivity contribution in [3.05, 3.63) is 29.8 Å². The number of rotatable bonds is 8. The molecule has 1 aromatic carbocycles. The minimum Gasteiger partial charge on any atom is -0.480 e. The second-order valence-electron chi connectivity index (χ2n) is 5.54. The van der Waals surface area contributed by atoms with Gasteiger partial charge < -0.3 is 5.11 Å². The molecule has 0 bridgehead atoms. The topological polar surface area (TPSA) is 83.5 Å². The normalized spacial score (nSPS) is 13.3. The highest BCUT2D eigenvalue weighted by Gasteiger charge is 2.25. The Balaban J connectivity index is 2.91. The Kier molecular flexibility index (Phi) is 6.36. The van der Waals surface area contributed by atoms with Crippen molar-refractivity contribution in [2.45, 2.75) is 51.0 Å². The summed E-state index contributed by atoms with van der Waals surface area (Å²) in [7, 11) is -3.81. The molecule has 0 spiro atoms. The van der Waals surface area contributed by atoms with Gasteiger partial charge in [-0.05, 0) is 36.5 Å². The first-order chi connectivity index (χ1) is 9.76. The first kappa shape index (κ1) is 17.7. The van der Waals surface area contributed by atoms with Crippen molar-refractivity contribution < 1.29 is 18.3 Å². The Hall–Kier alpha value is -1.40. The minimum absolute atomic E-state index is 0.0840. The van der Waals surface area contributed by atoms with Crippen LogP contribution >= 0.6 is 0 Å². The summed E-state index contributed by atoms with van der Waals surface area (Å²) < 4.78 is 26.7. The van der Waals surface area contributed by atoms with Crippen molar-refractivity contribution in [2.75, 3.05) is 0 Å². The molecule has 0 saturated carbocycles. The van der Waals surface area contributed by atoms with Crippen LogP contribution in [0.15, 0.2) is 29.2 Å². The standard InChI is InChI=1S/C15H23NO4S/c1-4-5-12-6-8-13(9-7-12)21(19,20)16-14(15(17)18)10-11(2)3/h6-9,11,14,16H,4-5,10H2,1-3H3,(H,17,18)/t14-/m0/s1. The van der Waals surface area contributed by atoms with E-state index in [1.54, 1.807) is 12.1 Å². The monoisotopic (exact) mass is 313 g/mol. The van der Waals surface area contributed by atoms with Crippen molar-refractivity contribution in [1.82, 2.24) is 4.72 Å². The molecule has 0 fully saturated rings. The van der Waals surface area contributed by atoms with E-state index >= 15 is 0 Å². The van der Waals surface area contributed by atoms with Gasteiger partial charge in [0.2, 0.25) is 10.0 Å². The van der Waals surface area contributed by atoms with E-state index in [1.165, 1.54) is 12.1 Å². The predicted octanol–water partition coefficient (Wildman–Crippen LogP) is 2.42. The second kappa shape index (κ2) is 7.56. The van der Waals surface area contributed by atoms with Gasteiger partial charge in [-0.25, -0.2) is 8.42 Å². The summed E-state index contributed by atoms with van der Waals surface area (Å²) in [6.45, 7) is 5.75. The highest BCUT2D eigenvalue weighted by Crippen LogP contribution is 2.14. The lowest BCUT2D eigenvalue weighted by Crippen LogP contribution is -2.41. The van der Waals surface area contributed by atoms with E-state index in [1.807, 2.05) is 13.8 Å². The molecule has 5 nitrogen and oxygen atoms in total. The van der Waals surface area contributed by atoms with Gasteiger partial charge in [-0.2, -0.15) is 4.72 Å². The van der Waals surface area contributed by atoms with E-state index in [0.717, 1.165) is 18.4 Å². The Bertz CT molecular complexity index is 564. The van der Waals surface area contributed by atoms with Gasteiger partial charge in [0.05, 0.1) is 4.90 Å². The molecule has 0 aromatic heterocycles. The average molecular weight is 313 g/mol. The summed E-state index contributed by atoms with van der Waals surface area (Å²) in [5.74, 6) is -1.07. The Labute approximate surface area is 126 Å². The van der Waals surface area contributed by atoms with Gasteiger partial charge in [0.15, 0.2) is 0 Å². The van der Waals surface area contributed by atoms with Gasteiger partial charge in [0.25, 0.3) is 0 Å². The summed E-state index contributed by atoms with van der Waals surface area (Å²) in [6, 6.07) is 5.45. The van der Waals surface area contributed by atoms with Crippen LogP contribution in [-0.2, 0) is 21.2 Å². The third-order valence-electron chi connectivity index (χ3n) is 3.07. The van der Waals surface area contributed by atoms with Gasteiger partial charge in [-0.3, -0.25) is 4.79 Å². The molecule has 0 aliphatic carbocycles. The molecular formula is C15H23NO4S. The molecule has 1 rings (SSSR count). The quantitative estimate of drug-likeness (QED) is 0.772. The fourth-order valence-electron chi connectivity index (χ4n) is 2.05. The summed E-state index contributed by atoms with van der Waals surface area (Å²) in [6.07, 6.45) is 2.13. The Morgan fingerprint density at radius 1 is 1.24 bits per heavy atom. The van der Waals surface area contributed by atoms with Crippen LogP contribution in [0, 0.1) is 5.92 Å². The van der Waals surface area contributed by atoms with E-state index < -0.39 is 22.0 Å². The summed E-state index contributed by atoms with van der Waals surface area (Å²) >= 11 is 0. The molecule has 0 heterocycles. The molecule has 0 amide bonds. The lowest BCUT2D eigenvalue weighted by atomic mass is 10.1. The zero-order valence-electron chi connectivity index (χ0n) is 12.7. The first-order valence-electron chi connectivity index (χ1n) is 7.10. The molecule has 1 atom stereocenters. The molecule has 1 aromatic rings. The van der Waals surface area contributed by atoms with E-state index in [9.17, 15) is 13.2 Å². The lowest BCUT2D eigenvalue weighted by molar-refractivity contribution is -0.139. The van der Waals surface area contributed by atoms with Crippen LogP contribution in [-0.4, -0.2) is 25.5 Å². The lowest BCUT2D eigenvalue weighted by Gasteiger charge is -2.16. The molecule has 0 unspecified atom stereocenters. The number of aryl methyl sites for hydroxylation is 1. The summed E-state index contributed by atoms with van der Waals surface area (Å²) in [5, 5.41) is 9.12. The maximum absolute atomic E-state index is 12.2. The second-order valence-corrected chi connectivity index (χ2v) is 7.25. The number of sulfonamides is 1. The fraction of sp³-hybridized carbons (Fsp3) is 0.533. The fourth-order valence-corrected chi connectivity index (χ4v) is 3.25. The number of hydrogen-bond acceptors (Lipinski definition) is 3. The van der Waals surface area contributed by atoms with Crippen LogP contribution < -0.4 is 4.72 Å². The van der Waals surface area contributed by atoms with Crippen molar-refractivity contribution in [1.29, 1.82) is 0 Å². The number of carboxylic acid groups (broad SMARTS) is 1. The Morgan fingerprint density at radius 2 is 1.81 bits per heavy atom. The van der Waals surface area contributed by atoms with Crippen molar-refractivity contribution >= 4 is 16.0 Å². The zero-order chi connectivity index (χ0) is 16.0. The average Bonchev–Trinajstić information content (AvgIpc) is 2.38. The van der Waals surface area contributed by atoms with Crippen LogP contribution in [0.4, 0.5) is 0 Å². The molecule has 0 aliphatic heterocycles. The highest BCUT2D eigenvalue weighted by atomic mass is 32.2. The van der Waals surface area contributed by atoms with Gasteiger partial charge in [-0.1, -0.05) is 39.3 Å². The van der Waals surface area contributed by atoms with Crippen LogP contribution in [0.5, 0.6) is 0 Å². The third-order valence-corrected chi connectivity index (χ3v) is 4.56. The van der Waals surface area contributed by atoms with Crippen molar-refractivity contribution in [3.8, 4) is 0 Å². The van der Waals surface area contributed by atoms with Crippen LogP contribution in [0.1, 0.15) is 39.2 Å². The molecule has 0 saturated heterocycles. The van der Waals surface area contributed by atoms with E-state index in [-0.39, 0.29) is 17.2 Å². The van der Waals surface area contributed by atoms with Crippen molar-refractivity contribution in [3.63, 3.8) is 0 Å². The number of carboxylic acids is 1. The predicted molar refractivity (Wildman–Crippen MR) is 81.6 cm³/mol. The van der Waals surface area contributed by atoms with Crippen molar-refractivity contribution in [2.24, 2.45) is 5.92 Å². The van der Waals surface area contributed by atoms with Crippen LogP contribution in [0.25, 0.3) is 0 Å². The van der Waals surface area contributed by atoms with E-state index in [0.29, 0.717) is 0 Å². The molecule has 118 valence electrons. The largest absolute Gasteiger partial charge is 0.480 e. The van der Waals surface area contributed by atoms with Gasteiger partial charge in [-0.15, -0.1) is 0 Å². The maximum atomic E-state index is 12.2. The number of carbonyl (C=O) groups is 1. The first-order valence-corrected chi connectivity index (χ1v) is 8.58. The number of aliphatic carboxylic acids is 1. The van der Waals surface area contributed by atoms with Gasteiger partial charge in [0.1, 0.15) is 6.04 Å². The smallest absolute Gasteiger partial charge is 0.321 e. The van der Waals surface area contributed by atoms with Crippen LogP contribution in [0.2, 0.25) is 0 Å². The summed E-state index contributed by atoms with van der Waals surface area (Å²) in [5.41, 5.74) is 1.06. The van der Waals surface area contributed by atoms with E-state index in [4.69, 9.17) is 5.11 Å². The molecule has 6 heteroatoms. The summed E-state index contributed by atoms with van der Waals surface area (Å²) in [4.78, 5) is 11.3. The zero-order valence-corrected chi connectivity index (χ0v) is 13.5. The SMILES string of the molecule is CCCc1ccc(S(=O)(=O)N[C@@H](CC(C)C)C(=O)O)cc1. The Morgan fingerprint density at radius 3 is 2.24 bits per heavy atom. The molecule has 0 aliphatic rings. The number of nitrogens with one attached hydrogen (secondary N) is 1. The third kappa shape index (κ3) is 5.47. The molecular weight excluding hydrogens is 290 g/mol. The van der Waals surface area contributed by atoms with Crippen LogP contribution in [0.3, 0.4) is 0 Å². The van der Waals surface area contributed by atoms with E-state index in [2.05, 4.69) is 11.6 Å². The minimum atomic E-state index is -3.81. The van der Waals surface area contributed by atoms with Gasteiger partial charge >= 0.3 is 5.97 Å². The number of hydrogen-bond donors (Lipinski definition) is 2. The number of benzene rings is 1. The van der Waals surface area contributed by atoms with Gasteiger partial charge in [0, 0.05) is 0 Å².